The SMILES string of the molecule is C=CC(=O)N(C)C(O)S(=O)(=O)O. The van der Waals surface area contributed by atoms with Gasteiger partial charge in [-0.3, -0.25) is 9.35 Å². The minimum atomic E-state index is -4.64. The summed E-state index contributed by atoms with van der Waals surface area (Å²) in [6, 6.07) is 0. The van der Waals surface area contributed by atoms with Crippen molar-refractivity contribution >= 4 is 16.0 Å². The maximum absolute atomic E-state index is 10.7. The van der Waals surface area contributed by atoms with E-state index < -0.39 is 21.6 Å². The number of rotatable bonds is 3. The van der Waals surface area contributed by atoms with Crippen molar-refractivity contribution < 1.29 is 22.9 Å². The van der Waals surface area contributed by atoms with Crippen LogP contribution >= 0.6 is 0 Å². The van der Waals surface area contributed by atoms with E-state index in [2.05, 4.69) is 6.58 Å². The van der Waals surface area contributed by atoms with Crippen molar-refractivity contribution in [1.29, 1.82) is 0 Å². The molecule has 0 aromatic rings. The molecule has 0 rings (SSSR count). The molecule has 0 aliphatic rings. The maximum atomic E-state index is 10.7. The smallest absolute Gasteiger partial charge is 0.312 e. The van der Waals surface area contributed by atoms with Gasteiger partial charge in [0, 0.05) is 7.05 Å². The van der Waals surface area contributed by atoms with Crippen LogP contribution in [0.5, 0.6) is 0 Å². The van der Waals surface area contributed by atoms with E-state index in [0.29, 0.717) is 4.90 Å². The summed E-state index contributed by atoms with van der Waals surface area (Å²) in [6.07, 6.45) is 0.814. The van der Waals surface area contributed by atoms with Gasteiger partial charge in [-0.2, -0.15) is 8.42 Å². The number of nitrogens with zero attached hydrogens (tertiary/aromatic N) is 1. The van der Waals surface area contributed by atoms with E-state index in [0.717, 1.165) is 13.1 Å². The molecule has 0 aromatic carbocycles. The lowest BCUT2D eigenvalue weighted by Crippen LogP contribution is -2.41. The van der Waals surface area contributed by atoms with E-state index in [1.165, 1.54) is 0 Å². The van der Waals surface area contributed by atoms with Crippen LogP contribution in [0, 0.1) is 0 Å². The number of carbonyl (C=O) groups excluding carboxylic acids is 1. The third kappa shape index (κ3) is 2.61. The predicted octanol–water partition coefficient (Wildman–Crippen LogP) is -1.21. The summed E-state index contributed by atoms with van der Waals surface area (Å²) in [5.41, 5.74) is -2.25. The first-order valence-electron chi connectivity index (χ1n) is 2.84. The normalized spacial score (nSPS) is 13.6. The number of hydrogen-bond donors (Lipinski definition) is 2. The van der Waals surface area contributed by atoms with Crippen LogP contribution in [-0.4, -0.2) is 41.5 Å². The molecule has 0 spiro atoms. The lowest BCUT2D eigenvalue weighted by Gasteiger charge is -2.18. The summed E-state index contributed by atoms with van der Waals surface area (Å²) in [5.74, 6) is -0.805. The number of likely N-dealkylation sites (N-methyl/N-ethyl adjacent to an activating group) is 1. The number of hydrogen-bond acceptors (Lipinski definition) is 4. The van der Waals surface area contributed by atoms with Gasteiger partial charge < -0.3 is 10.0 Å². The van der Waals surface area contributed by atoms with Gasteiger partial charge in [0.1, 0.15) is 0 Å². The van der Waals surface area contributed by atoms with Crippen molar-refractivity contribution in [2.45, 2.75) is 5.56 Å². The molecule has 1 unspecified atom stereocenters. The summed E-state index contributed by atoms with van der Waals surface area (Å²) < 4.78 is 28.8. The van der Waals surface area contributed by atoms with Gasteiger partial charge in [0.15, 0.2) is 0 Å². The van der Waals surface area contributed by atoms with Crippen molar-refractivity contribution in [1.82, 2.24) is 4.90 Å². The standard InChI is InChI=1S/C5H9NO5S/c1-3-4(7)6(2)5(8)12(9,10)11/h3,5,8H,1H2,2H3,(H,9,10,11). The molecule has 2 N–H and O–H groups in total. The van der Waals surface area contributed by atoms with Crippen LogP contribution in [-0.2, 0) is 14.9 Å². The minimum Gasteiger partial charge on any atom is -0.359 e. The van der Waals surface area contributed by atoms with Gasteiger partial charge in [0.2, 0.25) is 5.91 Å². The molecular formula is C5H9NO5S. The molecule has 6 nitrogen and oxygen atoms in total. The summed E-state index contributed by atoms with van der Waals surface area (Å²) >= 11 is 0. The fourth-order valence-electron chi connectivity index (χ4n) is 0.453. The first kappa shape index (κ1) is 11.1. The van der Waals surface area contributed by atoms with Crippen LogP contribution in [0.25, 0.3) is 0 Å². The molecule has 12 heavy (non-hydrogen) atoms. The zero-order valence-corrected chi connectivity index (χ0v) is 7.15. The second kappa shape index (κ2) is 3.65. The summed E-state index contributed by atoms with van der Waals surface area (Å²) in [7, 11) is -3.63. The largest absolute Gasteiger partial charge is 0.359 e. The molecule has 70 valence electrons. The Morgan fingerprint density at radius 1 is 1.67 bits per heavy atom. The minimum absolute atomic E-state index is 0.433. The van der Waals surface area contributed by atoms with Gasteiger partial charge in [-0.05, 0) is 6.08 Å². The topological polar surface area (TPSA) is 94.9 Å². The molecule has 0 radical (unpaired) electrons. The molecule has 0 saturated carbocycles. The number of aliphatic hydroxyl groups is 1. The maximum Gasteiger partial charge on any atom is 0.312 e. The van der Waals surface area contributed by atoms with E-state index in [9.17, 15) is 13.2 Å². The molecule has 0 aliphatic carbocycles. The van der Waals surface area contributed by atoms with Crippen molar-refractivity contribution in [3.05, 3.63) is 12.7 Å². The van der Waals surface area contributed by atoms with Crippen LogP contribution < -0.4 is 0 Å². The predicted molar refractivity (Wildman–Crippen MR) is 40.5 cm³/mol. The Morgan fingerprint density at radius 2 is 2.08 bits per heavy atom. The number of aliphatic hydroxyl groups excluding tert-OH is 1. The molecule has 7 heteroatoms. The van der Waals surface area contributed by atoms with Crippen molar-refractivity contribution in [3.8, 4) is 0 Å². The molecule has 0 aliphatic heterocycles. The van der Waals surface area contributed by atoms with Gasteiger partial charge in [-0.25, -0.2) is 0 Å². The van der Waals surface area contributed by atoms with Gasteiger partial charge in [-0.1, -0.05) is 6.58 Å². The monoisotopic (exact) mass is 195 g/mol. The highest BCUT2D eigenvalue weighted by Crippen LogP contribution is 2.00. The lowest BCUT2D eigenvalue weighted by molar-refractivity contribution is -0.129. The van der Waals surface area contributed by atoms with Crippen LogP contribution in [0.2, 0.25) is 0 Å². The van der Waals surface area contributed by atoms with Crippen LogP contribution in [0.1, 0.15) is 0 Å². The van der Waals surface area contributed by atoms with Gasteiger partial charge in [-0.15, -0.1) is 0 Å². The average Bonchev–Trinajstić information content (AvgIpc) is 1.98. The molecule has 1 amide bonds. The van der Waals surface area contributed by atoms with Crippen molar-refractivity contribution in [3.63, 3.8) is 0 Å². The third-order valence-corrected chi connectivity index (χ3v) is 1.97. The van der Waals surface area contributed by atoms with E-state index in [1.54, 1.807) is 0 Å². The summed E-state index contributed by atoms with van der Waals surface area (Å²) in [5, 5.41) is 8.78. The van der Waals surface area contributed by atoms with Crippen LogP contribution in [0.15, 0.2) is 12.7 Å². The Morgan fingerprint density at radius 3 is 2.33 bits per heavy atom. The third-order valence-electron chi connectivity index (χ3n) is 1.12. The Balaban J connectivity index is 4.62. The Bertz CT molecular complexity index is 282. The van der Waals surface area contributed by atoms with E-state index in [1.807, 2.05) is 0 Å². The molecule has 0 bridgehead atoms. The van der Waals surface area contributed by atoms with Crippen molar-refractivity contribution in [2.75, 3.05) is 7.05 Å². The zero-order valence-electron chi connectivity index (χ0n) is 6.34. The highest BCUT2D eigenvalue weighted by Gasteiger charge is 2.26. The Kier molecular flexibility index (Phi) is 3.37. The first-order chi connectivity index (χ1) is 5.30. The summed E-state index contributed by atoms with van der Waals surface area (Å²) in [4.78, 5) is 11.1. The number of carbonyl (C=O) groups is 1. The summed E-state index contributed by atoms with van der Waals surface area (Å²) in [6.45, 7) is 3.07. The quantitative estimate of drug-likeness (QED) is 0.335. The molecule has 0 fully saturated rings. The molecule has 1 atom stereocenters. The van der Waals surface area contributed by atoms with E-state index in [4.69, 9.17) is 9.66 Å². The van der Waals surface area contributed by atoms with Gasteiger partial charge in [0.25, 0.3) is 5.56 Å². The first-order valence-corrected chi connectivity index (χ1v) is 4.34. The lowest BCUT2D eigenvalue weighted by atomic mass is 10.5. The molecule has 0 saturated heterocycles. The zero-order chi connectivity index (χ0) is 9.94. The second-order valence-corrected chi connectivity index (χ2v) is 3.45. The molecule has 0 heterocycles. The fourth-order valence-corrected chi connectivity index (χ4v) is 0.956. The van der Waals surface area contributed by atoms with Crippen LogP contribution in [0.3, 0.4) is 0 Å². The van der Waals surface area contributed by atoms with Crippen LogP contribution in [0.4, 0.5) is 0 Å². The molecule has 0 aromatic heterocycles. The van der Waals surface area contributed by atoms with E-state index in [-0.39, 0.29) is 0 Å². The van der Waals surface area contributed by atoms with E-state index >= 15 is 0 Å². The van der Waals surface area contributed by atoms with Crippen molar-refractivity contribution in [2.24, 2.45) is 0 Å². The fraction of sp³-hybridized carbons (Fsp3) is 0.400. The van der Waals surface area contributed by atoms with Gasteiger partial charge in [0.05, 0.1) is 0 Å². The highest BCUT2D eigenvalue weighted by atomic mass is 32.2. The Hall–Kier alpha value is -0.920. The Labute approximate surface area is 69.9 Å². The second-order valence-electron chi connectivity index (χ2n) is 1.99. The molecular weight excluding hydrogens is 186 g/mol. The van der Waals surface area contributed by atoms with Gasteiger partial charge >= 0.3 is 10.1 Å². The highest BCUT2D eigenvalue weighted by molar-refractivity contribution is 7.86. The number of amides is 1. The average molecular weight is 195 g/mol.